The van der Waals surface area contributed by atoms with Crippen LogP contribution in [-0.4, -0.2) is 42.5 Å². The molecular weight excluding hydrogens is 326 g/mol. The highest BCUT2D eigenvalue weighted by Gasteiger charge is 2.61. The summed E-state index contributed by atoms with van der Waals surface area (Å²) in [4.78, 5) is 16.3. The van der Waals surface area contributed by atoms with Crippen LogP contribution in [0.25, 0.3) is 0 Å². The maximum absolute atomic E-state index is 12.4. The third kappa shape index (κ3) is 3.62. The van der Waals surface area contributed by atoms with Crippen molar-refractivity contribution in [2.24, 2.45) is 17.3 Å². The molecule has 3 rings (SSSR count). The van der Waals surface area contributed by atoms with E-state index in [1.165, 1.54) is 0 Å². The second-order valence-electron chi connectivity index (χ2n) is 7.45. The zero-order valence-electron chi connectivity index (χ0n) is 14.2. The molecule has 6 nitrogen and oxygen atoms in total. The molecule has 2 heterocycles. The average Bonchev–Trinajstić information content (AvgIpc) is 3.04. The average molecular weight is 351 g/mol. The molecule has 0 radical (unpaired) electrons. The van der Waals surface area contributed by atoms with Gasteiger partial charge < -0.3 is 5.32 Å². The third-order valence-corrected chi connectivity index (χ3v) is 7.20. The molecule has 1 amide bonds. The minimum Gasteiger partial charge on any atom is -0.352 e. The van der Waals surface area contributed by atoms with Crippen LogP contribution in [0.5, 0.6) is 0 Å². The standard InChI is InChI=1S/C17H25N3O3S/c1-13(2)11-24(22,23)20-8-5-17(12-20)9-15(17)16(21)19-10-14-3-6-18-7-4-14/h3-4,6-7,13,15H,5,8-12H2,1-2H3,(H,19,21)/t15-,17+/m0/s1. The van der Waals surface area contributed by atoms with E-state index in [1.54, 1.807) is 16.7 Å². The molecule has 1 saturated carbocycles. The number of amides is 1. The van der Waals surface area contributed by atoms with Crippen molar-refractivity contribution in [3.05, 3.63) is 30.1 Å². The number of rotatable bonds is 6. The number of carbonyl (C=O) groups excluding carboxylic acids is 1. The molecule has 24 heavy (non-hydrogen) atoms. The lowest BCUT2D eigenvalue weighted by Gasteiger charge is -2.18. The van der Waals surface area contributed by atoms with Crippen LogP contribution in [0.3, 0.4) is 0 Å². The highest BCUT2D eigenvalue weighted by atomic mass is 32.2. The molecule has 1 aliphatic carbocycles. The van der Waals surface area contributed by atoms with E-state index >= 15 is 0 Å². The number of sulfonamides is 1. The van der Waals surface area contributed by atoms with E-state index in [1.807, 2.05) is 26.0 Å². The number of nitrogens with zero attached hydrogens (tertiary/aromatic N) is 2. The summed E-state index contributed by atoms with van der Waals surface area (Å²) in [6, 6.07) is 3.75. The molecule has 2 aliphatic rings. The van der Waals surface area contributed by atoms with Crippen LogP contribution in [0.2, 0.25) is 0 Å². The van der Waals surface area contributed by atoms with Gasteiger partial charge in [-0.15, -0.1) is 0 Å². The normalized spacial score (nSPS) is 26.9. The molecular formula is C17H25N3O3S. The fourth-order valence-corrected chi connectivity index (χ4v) is 5.48. The van der Waals surface area contributed by atoms with Gasteiger partial charge in [0, 0.05) is 37.9 Å². The quantitative estimate of drug-likeness (QED) is 0.840. The Morgan fingerprint density at radius 1 is 1.42 bits per heavy atom. The maximum Gasteiger partial charge on any atom is 0.224 e. The number of aromatic nitrogens is 1. The molecule has 1 spiro atoms. The van der Waals surface area contributed by atoms with Gasteiger partial charge in [-0.05, 0) is 41.9 Å². The second-order valence-corrected chi connectivity index (χ2v) is 9.46. The summed E-state index contributed by atoms with van der Waals surface area (Å²) in [5.41, 5.74) is 0.882. The summed E-state index contributed by atoms with van der Waals surface area (Å²) in [6.45, 7) is 5.35. The molecule has 1 aromatic rings. The van der Waals surface area contributed by atoms with Gasteiger partial charge >= 0.3 is 0 Å². The van der Waals surface area contributed by atoms with Gasteiger partial charge in [0.25, 0.3) is 0 Å². The van der Waals surface area contributed by atoms with Gasteiger partial charge in [0.05, 0.1) is 5.75 Å². The van der Waals surface area contributed by atoms with Crippen molar-refractivity contribution in [1.82, 2.24) is 14.6 Å². The number of nitrogens with one attached hydrogen (secondary N) is 1. The molecule has 1 saturated heterocycles. The zero-order chi connectivity index (χ0) is 17.4. The molecule has 7 heteroatoms. The van der Waals surface area contributed by atoms with Crippen molar-refractivity contribution < 1.29 is 13.2 Å². The van der Waals surface area contributed by atoms with Crippen LogP contribution < -0.4 is 5.32 Å². The molecule has 2 atom stereocenters. The lowest BCUT2D eigenvalue weighted by Crippen LogP contribution is -2.33. The summed E-state index contributed by atoms with van der Waals surface area (Å²) in [5, 5.41) is 2.96. The summed E-state index contributed by atoms with van der Waals surface area (Å²) < 4.78 is 26.3. The highest BCUT2D eigenvalue weighted by Crippen LogP contribution is 2.59. The predicted octanol–water partition coefficient (Wildman–Crippen LogP) is 1.40. The van der Waals surface area contributed by atoms with E-state index in [4.69, 9.17) is 0 Å². The van der Waals surface area contributed by atoms with Crippen molar-refractivity contribution in [2.45, 2.75) is 33.2 Å². The minimum atomic E-state index is -3.20. The van der Waals surface area contributed by atoms with E-state index < -0.39 is 10.0 Å². The summed E-state index contributed by atoms with van der Waals surface area (Å²) >= 11 is 0. The van der Waals surface area contributed by atoms with E-state index in [-0.39, 0.29) is 28.9 Å². The second kappa shape index (κ2) is 6.44. The SMILES string of the molecule is CC(C)CS(=O)(=O)N1CC[C@@]2(C[C@H]2C(=O)NCc2ccncc2)C1. The van der Waals surface area contributed by atoms with Crippen LogP contribution in [-0.2, 0) is 21.4 Å². The van der Waals surface area contributed by atoms with Crippen molar-refractivity contribution in [1.29, 1.82) is 0 Å². The molecule has 1 aliphatic heterocycles. The summed E-state index contributed by atoms with van der Waals surface area (Å²) in [7, 11) is -3.20. The van der Waals surface area contributed by atoms with Crippen LogP contribution >= 0.6 is 0 Å². The van der Waals surface area contributed by atoms with Gasteiger partial charge in [-0.2, -0.15) is 0 Å². The molecule has 0 bridgehead atoms. The summed E-state index contributed by atoms with van der Waals surface area (Å²) in [6.07, 6.45) is 4.99. The molecule has 1 N–H and O–H groups in total. The van der Waals surface area contributed by atoms with Crippen LogP contribution in [0.1, 0.15) is 32.3 Å². The minimum absolute atomic E-state index is 0.0370. The van der Waals surface area contributed by atoms with Gasteiger partial charge in [0.15, 0.2) is 0 Å². The van der Waals surface area contributed by atoms with Gasteiger partial charge in [-0.25, -0.2) is 12.7 Å². The number of carbonyl (C=O) groups is 1. The largest absolute Gasteiger partial charge is 0.352 e. The highest BCUT2D eigenvalue weighted by molar-refractivity contribution is 7.89. The lowest BCUT2D eigenvalue weighted by atomic mass is 10.0. The summed E-state index contributed by atoms with van der Waals surface area (Å²) in [5.74, 6) is 0.279. The van der Waals surface area contributed by atoms with Gasteiger partial charge in [-0.3, -0.25) is 9.78 Å². The fourth-order valence-electron chi connectivity index (χ4n) is 3.60. The number of hydrogen-bond donors (Lipinski definition) is 1. The first-order valence-corrected chi connectivity index (χ1v) is 10.1. The van der Waals surface area contributed by atoms with E-state index in [2.05, 4.69) is 10.3 Å². The van der Waals surface area contributed by atoms with Gasteiger partial charge in [0.2, 0.25) is 15.9 Å². The van der Waals surface area contributed by atoms with Crippen molar-refractivity contribution in [3.8, 4) is 0 Å². The molecule has 2 fully saturated rings. The predicted molar refractivity (Wildman–Crippen MR) is 91.4 cm³/mol. The van der Waals surface area contributed by atoms with E-state index in [9.17, 15) is 13.2 Å². The lowest BCUT2D eigenvalue weighted by molar-refractivity contribution is -0.123. The molecule has 1 aromatic heterocycles. The van der Waals surface area contributed by atoms with E-state index in [0.29, 0.717) is 19.6 Å². The van der Waals surface area contributed by atoms with Crippen molar-refractivity contribution in [2.75, 3.05) is 18.8 Å². The Morgan fingerprint density at radius 3 is 2.79 bits per heavy atom. The Kier molecular flexibility index (Phi) is 4.66. The smallest absolute Gasteiger partial charge is 0.224 e. The first-order chi connectivity index (χ1) is 11.3. The molecule has 0 aromatic carbocycles. The molecule has 0 unspecified atom stereocenters. The van der Waals surface area contributed by atoms with Crippen LogP contribution in [0, 0.1) is 17.3 Å². The topological polar surface area (TPSA) is 79.4 Å². The maximum atomic E-state index is 12.4. The van der Waals surface area contributed by atoms with E-state index in [0.717, 1.165) is 18.4 Å². The van der Waals surface area contributed by atoms with Gasteiger partial charge in [-0.1, -0.05) is 13.8 Å². The first-order valence-electron chi connectivity index (χ1n) is 8.47. The van der Waals surface area contributed by atoms with Crippen molar-refractivity contribution >= 4 is 15.9 Å². The number of pyridine rings is 1. The van der Waals surface area contributed by atoms with Gasteiger partial charge in [0.1, 0.15) is 0 Å². The Bertz CT molecular complexity index is 705. The Hall–Kier alpha value is -1.47. The van der Waals surface area contributed by atoms with Crippen LogP contribution in [0.15, 0.2) is 24.5 Å². The first kappa shape index (κ1) is 17.4. The third-order valence-electron chi connectivity index (χ3n) is 5.01. The number of hydrogen-bond acceptors (Lipinski definition) is 4. The Balaban J connectivity index is 1.54. The van der Waals surface area contributed by atoms with Crippen molar-refractivity contribution in [3.63, 3.8) is 0 Å². The molecule has 132 valence electrons. The Morgan fingerprint density at radius 2 is 2.12 bits per heavy atom. The zero-order valence-corrected chi connectivity index (χ0v) is 15.1. The monoisotopic (exact) mass is 351 g/mol. The van der Waals surface area contributed by atoms with Crippen LogP contribution in [0.4, 0.5) is 0 Å². The Labute approximate surface area is 143 Å². The fraction of sp³-hybridized carbons (Fsp3) is 0.647.